The first-order valence-corrected chi connectivity index (χ1v) is 7.39. The maximum absolute atomic E-state index is 12.0. The van der Waals surface area contributed by atoms with Crippen LogP contribution in [0.1, 0.15) is 25.3 Å². The van der Waals surface area contributed by atoms with Crippen LogP contribution in [0, 0.1) is 0 Å². The third kappa shape index (κ3) is 3.25. The summed E-state index contributed by atoms with van der Waals surface area (Å²) in [5, 5.41) is 12.7. The molecule has 0 aliphatic heterocycles. The van der Waals surface area contributed by atoms with Crippen LogP contribution in [0.5, 0.6) is 0 Å². The van der Waals surface area contributed by atoms with Gasteiger partial charge in [0.1, 0.15) is 0 Å². The number of halogens is 1. The van der Waals surface area contributed by atoms with E-state index in [9.17, 15) is 4.79 Å². The van der Waals surface area contributed by atoms with E-state index in [0.717, 1.165) is 23.4 Å². The van der Waals surface area contributed by atoms with E-state index >= 15 is 0 Å². The van der Waals surface area contributed by atoms with Gasteiger partial charge in [-0.1, -0.05) is 29.8 Å². The van der Waals surface area contributed by atoms with Gasteiger partial charge in [0.15, 0.2) is 0 Å². The Bertz CT molecular complexity index is 475. The van der Waals surface area contributed by atoms with Gasteiger partial charge >= 0.3 is 6.03 Å². The van der Waals surface area contributed by atoms with Crippen molar-refractivity contribution < 1.29 is 9.90 Å². The zero-order valence-electron chi connectivity index (χ0n) is 11.7. The molecule has 1 aliphatic carbocycles. The van der Waals surface area contributed by atoms with Gasteiger partial charge in [0, 0.05) is 30.1 Å². The van der Waals surface area contributed by atoms with Crippen molar-refractivity contribution in [2.75, 3.05) is 26.2 Å². The largest absolute Gasteiger partial charge is 0.395 e. The van der Waals surface area contributed by atoms with Crippen LogP contribution in [0.25, 0.3) is 0 Å². The molecule has 1 saturated carbocycles. The fourth-order valence-electron chi connectivity index (χ4n) is 2.46. The van der Waals surface area contributed by atoms with Crippen molar-refractivity contribution in [2.45, 2.75) is 25.2 Å². The van der Waals surface area contributed by atoms with Gasteiger partial charge in [-0.25, -0.2) is 4.79 Å². The summed E-state index contributed by atoms with van der Waals surface area (Å²) in [6.45, 7) is 3.43. The van der Waals surface area contributed by atoms with Crippen molar-refractivity contribution in [2.24, 2.45) is 0 Å². The van der Waals surface area contributed by atoms with Crippen LogP contribution >= 0.6 is 11.6 Å². The first-order valence-electron chi connectivity index (χ1n) is 7.01. The quantitative estimate of drug-likeness (QED) is 0.847. The molecule has 0 radical (unpaired) electrons. The zero-order chi connectivity index (χ0) is 14.6. The predicted octanol–water partition coefficient (Wildman–Crippen LogP) is 2.40. The number of aliphatic hydroxyl groups is 1. The summed E-state index contributed by atoms with van der Waals surface area (Å²) in [6.07, 6.45) is 2.09. The van der Waals surface area contributed by atoms with Crippen LogP contribution in [0.2, 0.25) is 5.02 Å². The van der Waals surface area contributed by atoms with Crippen molar-refractivity contribution >= 4 is 17.6 Å². The number of hydrogen-bond donors (Lipinski definition) is 2. The van der Waals surface area contributed by atoms with Gasteiger partial charge in [0.2, 0.25) is 0 Å². The lowest BCUT2D eigenvalue weighted by atomic mass is 9.96. The second-order valence-electron chi connectivity index (χ2n) is 5.22. The van der Waals surface area contributed by atoms with E-state index in [0.29, 0.717) is 19.6 Å². The van der Waals surface area contributed by atoms with Gasteiger partial charge in [-0.3, -0.25) is 0 Å². The first kappa shape index (κ1) is 15.1. The summed E-state index contributed by atoms with van der Waals surface area (Å²) in [5.74, 6) is 0. The molecule has 0 bridgehead atoms. The molecule has 110 valence electrons. The number of nitrogens with zero attached hydrogens (tertiary/aromatic N) is 1. The van der Waals surface area contributed by atoms with E-state index in [1.807, 2.05) is 31.2 Å². The molecule has 0 spiro atoms. The number of carbonyl (C=O) groups is 1. The van der Waals surface area contributed by atoms with E-state index in [2.05, 4.69) is 5.32 Å². The van der Waals surface area contributed by atoms with E-state index in [1.165, 1.54) is 0 Å². The highest BCUT2D eigenvalue weighted by Crippen LogP contribution is 2.49. The summed E-state index contributed by atoms with van der Waals surface area (Å²) in [6, 6.07) is 7.70. The van der Waals surface area contributed by atoms with E-state index in [1.54, 1.807) is 4.90 Å². The third-order valence-electron chi connectivity index (χ3n) is 3.92. The second-order valence-corrected chi connectivity index (χ2v) is 5.63. The topological polar surface area (TPSA) is 52.6 Å². The van der Waals surface area contributed by atoms with Gasteiger partial charge in [-0.15, -0.1) is 0 Å². The second kappa shape index (κ2) is 6.46. The molecule has 0 saturated heterocycles. The maximum Gasteiger partial charge on any atom is 0.317 e. The average molecular weight is 297 g/mol. The molecule has 1 aliphatic rings. The molecule has 4 nitrogen and oxygen atoms in total. The van der Waals surface area contributed by atoms with E-state index in [-0.39, 0.29) is 18.1 Å². The standard InChI is InChI=1S/C15H21ClN2O2/c1-2-18(9-10-19)14(20)17-11-15(7-8-15)12-5-3-4-6-13(12)16/h3-6,19H,2,7-11H2,1H3,(H,17,20). The maximum atomic E-state index is 12.0. The Morgan fingerprint density at radius 1 is 1.45 bits per heavy atom. The van der Waals surface area contributed by atoms with Gasteiger partial charge in [0.25, 0.3) is 0 Å². The predicted molar refractivity (Wildman–Crippen MR) is 80.1 cm³/mol. The number of nitrogens with one attached hydrogen (secondary N) is 1. The Morgan fingerprint density at radius 3 is 2.70 bits per heavy atom. The van der Waals surface area contributed by atoms with Crippen LogP contribution < -0.4 is 5.32 Å². The van der Waals surface area contributed by atoms with Crippen molar-refractivity contribution in [1.29, 1.82) is 0 Å². The molecule has 0 atom stereocenters. The van der Waals surface area contributed by atoms with Gasteiger partial charge in [0.05, 0.1) is 6.61 Å². The van der Waals surface area contributed by atoms with Crippen molar-refractivity contribution in [3.63, 3.8) is 0 Å². The minimum Gasteiger partial charge on any atom is -0.395 e. The molecule has 1 aromatic rings. The third-order valence-corrected chi connectivity index (χ3v) is 4.25. The molecule has 0 heterocycles. The average Bonchev–Trinajstić information content (AvgIpc) is 3.23. The van der Waals surface area contributed by atoms with E-state index in [4.69, 9.17) is 16.7 Å². The Balaban J connectivity index is 1.97. The van der Waals surface area contributed by atoms with Crippen molar-refractivity contribution in [3.05, 3.63) is 34.9 Å². The molecular weight excluding hydrogens is 276 g/mol. The lowest BCUT2D eigenvalue weighted by Gasteiger charge is -2.23. The summed E-state index contributed by atoms with van der Waals surface area (Å²) in [7, 11) is 0. The molecule has 1 aromatic carbocycles. The van der Waals surface area contributed by atoms with Gasteiger partial charge in [-0.2, -0.15) is 0 Å². The Morgan fingerprint density at radius 2 is 2.15 bits per heavy atom. The van der Waals surface area contributed by atoms with Crippen LogP contribution in [-0.2, 0) is 5.41 Å². The highest BCUT2D eigenvalue weighted by atomic mass is 35.5. The number of amides is 2. The van der Waals surface area contributed by atoms with Crippen molar-refractivity contribution in [3.8, 4) is 0 Å². The molecule has 2 amide bonds. The fraction of sp³-hybridized carbons (Fsp3) is 0.533. The smallest absolute Gasteiger partial charge is 0.317 e. The summed E-state index contributed by atoms with van der Waals surface area (Å²) in [5.41, 5.74) is 1.11. The first-order chi connectivity index (χ1) is 9.63. The molecule has 2 N–H and O–H groups in total. The summed E-state index contributed by atoms with van der Waals surface area (Å²) >= 11 is 6.25. The molecule has 0 unspecified atom stereocenters. The van der Waals surface area contributed by atoms with Crippen LogP contribution in [0.15, 0.2) is 24.3 Å². The van der Waals surface area contributed by atoms with Crippen LogP contribution in [0.3, 0.4) is 0 Å². The monoisotopic (exact) mass is 296 g/mol. The minimum absolute atomic E-state index is 0.00731. The molecule has 2 rings (SSSR count). The lowest BCUT2D eigenvalue weighted by Crippen LogP contribution is -2.44. The Kier molecular flexibility index (Phi) is 4.89. The van der Waals surface area contributed by atoms with Crippen LogP contribution in [-0.4, -0.2) is 42.3 Å². The number of rotatable bonds is 6. The number of benzene rings is 1. The van der Waals surface area contributed by atoms with Crippen molar-refractivity contribution in [1.82, 2.24) is 10.2 Å². The zero-order valence-corrected chi connectivity index (χ0v) is 12.5. The number of hydrogen-bond acceptors (Lipinski definition) is 2. The SMILES string of the molecule is CCN(CCO)C(=O)NCC1(c2ccccc2Cl)CC1. The highest BCUT2D eigenvalue weighted by molar-refractivity contribution is 6.31. The minimum atomic E-state index is -0.125. The van der Waals surface area contributed by atoms with Gasteiger partial charge < -0.3 is 15.3 Å². The Hall–Kier alpha value is -1.26. The highest BCUT2D eigenvalue weighted by Gasteiger charge is 2.45. The summed E-state index contributed by atoms with van der Waals surface area (Å²) < 4.78 is 0. The van der Waals surface area contributed by atoms with Gasteiger partial charge in [-0.05, 0) is 31.4 Å². The molecule has 1 fully saturated rings. The molecule has 20 heavy (non-hydrogen) atoms. The molecule has 5 heteroatoms. The number of carbonyl (C=O) groups excluding carboxylic acids is 1. The fourth-order valence-corrected chi connectivity index (χ4v) is 2.80. The lowest BCUT2D eigenvalue weighted by molar-refractivity contribution is 0.179. The summed E-state index contributed by atoms with van der Waals surface area (Å²) in [4.78, 5) is 13.6. The molecule has 0 aromatic heterocycles. The number of likely N-dealkylation sites (N-methyl/N-ethyl adjacent to an activating group) is 1. The van der Waals surface area contributed by atoms with E-state index < -0.39 is 0 Å². The number of urea groups is 1. The Labute approximate surface area is 124 Å². The van der Waals surface area contributed by atoms with Crippen LogP contribution in [0.4, 0.5) is 4.79 Å². The molecular formula is C15H21ClN2O2. The normalized spacial score (nSPS) is 15.8. The number of aliphatic hydroxyl groups excluding tert-OH is 1.